The Kier molecular flexibility index (Phi) is 4.24. The zero-order chi connectivity index (χ0) is 14.8. The Morgan fingerprint density at radius 1 is 1.38 bits per heavy atom. The Balaban J connectivity index is 1.48. The Bertz CT molecular complexity index is 502. The second kappa shape index (κ2) is 6.14. The Labute approximate surface area is 125 Å². The molecular formula is C17H23FN2O. The van der Waals surface area contributed by atoms with E-state index >= 15 is 0 Å². The number of benzene rings is 1. The molecule has 1 aliphatic carbocycles. The number of carbonyl (C=O) groups excluding carboxylic acids is 1. The van der Waals surface area contributed by atoms with E-state index in [1.807, 2.05) is 0 Å². The van der Waals surface area contributed by atoms with Crippen LogP contribution in [0.4, 0.5) is 4.39 Å². The first-order chi connectivity index (χ1) is 10.2. The van der Waals surface area contributed by atoms with Crippen LogP contribution in [0.3, 0.4) is 0 Å². The highest BCUT2D eigenvalue weighted by atomic mass is 19.1. The first-order valence-electron chi connectivity index (χ1n) is 7.96. The molecule has 3 nitrogen and oxygen atoms in total. The lowest BCUT2D eigenvalue weighted by molar-refractivity contribution is -0.122. The summed E-state index contributed by atoms with van der Waals surface area (Å²) in [6, 6.07) is 7.04. The maximum atomic E-state index is 12.9. The summed E-state index contributed by atoms with van der Waals surface area (Å²) in [6.07, 6.45) is 3.30. The number of hydrogen-bond acceptors (Lipinski definition) is 2. The van der Waals surface area contributed by atoms with Crippen molar-refractivity contribution in [2.45, 2.75) is 38.1 Å². The Morgan fingerprint density at radius 3 is 2.86 bits per heavy atom. The highest BCUT2D eigenvalue weighted by Gasteiger charge is 2.44. The molecule has 2 fully saturated rings. The quantitative estimate of drug-likeness (QED) is 0.904. The van der Waals surface area contributed by atoms with Crippen LogP contribution >= 0.6 is 0 Å². The van der Waals surface area contributed by atoms with E-state index in [-0.39, 0.29) is 23.6 Å². The number of amides is 1. The number of rotatable bonds is 5. The smallest absolute Gasteiger partial charge is 0.223 e. The number of hydrogen-bond donors (Lipinski definition) is 1. The van der Waals surface area contributed by atoms with Crippen LogP contribution in [0.2, 0.25) is 0 Å². The monoisotopic (exact) mass is 290 g/mol. The summed E-state index contributed by atoms with van der Waals surface area (Å²) >= 11 is 0. The zero-order valence-corrected chi connectivity index (χ0v) is 12.5. The van der Waals surface area contributed by atoms with Crippen molar-refractivity contribution in [3.63, 3.8) is 0 Å². The van der Waals surface area contributed by atoms with Crippen molar-refractivity contribution in [3.8, 4) is 0 Å². The second-order valence-electron chi connectivity index (χ2n) is 6.17. The summed E-state index contributed by atoms with van der Waals surface area (Å²) in [5, 5.41) is 3.11. The SMILES string of the molecule is CCN1CCC[C@@H]1CNC(=O)[C@@H]1C[C@H]1c1ccc(F)cc1. The van der Waals surface area contributed by atoms with Crippen molar-refractivity contribution in [1.29, 1.82) is 0 Å². The number of carbonyl (C=O) groups is 1. The average Bonchev–Trinajstić information content (AvgIpc) is 3.16. The normalized spacial score (nSPS) is 28.6. The molecule has 1 heterocycles. The van der Waals surface area contributed by atoms with Crippen molar-refractivity contribution in [2.24, 2.45) is 5.92 Å². The first-order valence-corrected chi connectivity index (χ1v) is 7.96. The van der Waals surface area contributed by atoms with Gasteiger partial charge in [0.15, 0.2) is 0 Å². The second-order valence-corrected chi connectivity index (χ2v) is 6.17. The minimum atomic E-state index is -0.221. The Morgan fingerprint density at radius 2 is 2.14 bits per heavy atom. The number of nitrogens with one attached hydrogen (secondary N) is 1. The van der Waals surface area contributed by atoms with Crippen molar-refractivity contribution in [2.75, 3.05) is 19.6 Å². The summed E-state index contributed by atoms with van der Waals surface area (Å²) in [5.41, 5.74) is 1.08. The van der Waals surface area contributed by atoms with Crippen molar-refractivity contribution in [1.82, 2.24) is 10.2 Å². The molecule has 0 spiro atoms. The lowest BCUT2D eigenvalue weighted by atomic mass is 10.1. The lowest BCUT2D eigenvalue weighted by Gasteiger charge is -2.22. The van der Waals surface area contributed by atoms with Crippen LogP contribution in [0.1, 0.15) is 37.7 Å². The van der Waals surface area contributed by atoms with E-state index in [0.29, 0.717) is 6.04 Å². The number of likely N-dealkylation sites (N-methyl/N-ethyl adjacent to an activating group) is 1. The van der Waals surface area contributed by atoms with Crippen LogP contribution in [0, 0.1) is 11.7 Å². The fourth-order valence-corrected chi connectivity index (χ4v) is 3.46. The molecule has 4 heteroatoms. The third-order valence-corrected chi connectivity index (χ3v) is 4.84. The van der Waals surface area contributed by atoms with Crippen LogP contribution in [-0.2, 0) is 4.79 Å². The van der Waals surface area contributed by atoms with Crippen molar-refractivity contribution in [3.05, 3.63) is 35.6 Å². The summed E-state index contributed by atoms with van der Waals surface area (Å²) < 4.78 is 12.9. The van der Waals surface area contributed by atoms with Crippen LogP contribution < -0.4 is 5.32 Å². The molecule has 0 aromatic heterocycles. The van der Waals surface area contributed by atoms with Crippen molar-refractivity contribution >= 4 is 5.91 Å². The zero-order valence-electron chi connectivity index (χ0n) is 12.5. The largest absolute Gasteiger partial charge is 0.354 e. The van der Waals surface area contributed by atoms with Crippen LogP contribution in [-0.4, -0.2) is 36.5 Å². The third-order valence-electron chi connectivity index (χ3n) is 4.84. The van der Waals surface area contributed by atoms with Crippen molar-refractivity contribution < 1.29 is 9.18 Å². The topological polar surface area (TPSA) is 32.3 Å². The van der Waals surface area contributed by atoms with E-state index in [0.717, 1.165) is 31.6 Å². The molecule has 1 aromatic carbocycles. The molecular weight excluding hydrogens is 267 g/mol. The predicted octanol–water partition coefficient (Wildman–Crippen LogP) is 2.53. The first kappa shape index (κ1) is 14.5. The lowest BCUT2D eigenvalue weighted by Crippen LogP contribution is -2.40. The van der Waals surface area contributed by atoms with Gasteiger partial charge in [-0.05, 0) is 56.0 Å². The highest BCUT2D eigenvalue weighted by molar-refractivity contribution is 5.82. The van der Waals surface area contributed by atoms with Gasteiger partial charge in [0.1, 0.15) is 5.82 Å². The summed E-state index contributed by atoms with van der Waals surface area (Å²) in [5.74, 6) is 0.289. The van der Waals surface area contributed by atoms with E-state index in [4.69, 9.17) is 0 Å². The summed E-state index contributed by atoms with van der Waals surface area (Å²) in [4.78, 5) is 14.6. The summed E-state index contributed by atoms with van der Waals surface area (Å²) in [6.45, 7) is 5.14. The molecule has 3 rings (SSSR count). The average molecular weight is 290 g/mol. The summed E-state index contributed by atoms with van der Waals surface area (Å²) in [7, 11) is 0. The van der Waals surface area contributed by atoms with Gasteiger partial charge in [-0.15, -0.1) is 0 Å². The minimum Gasteiger partial charge on any atom is -0.354 e. The number of likely N-dealkylation sites (tertiary alicyclic amines) is 1. The molecule has 3 atom stereocenters. The van der Waals surface area contributed by atoms with Gasteiger partial charge in [-0.2, -0.15) is 0 Å². The maximum Gasteiger partial charge on any atom is 0.223 e. The molecule has 0 radical (unpaired) electrons. The number of nitrogens with zero attached hydrogens (tertiary/aromatic N) is 1. The van der Waals surface area contributed by atoms with Gasteiger partial charge in [0.2, 0.25) is 5.91 Å². The maximum absolute atomic E-state index is 12.9. The minimum absolute atomic E-state index is 0.0759. The molecule has 1 aliphatic heterocycles. The molecule has 1 saturated carbocycles. The van der Waals surface area contributed by atoms with Gasteiger partial charge in [-0.1, -0.05) is 19.1 Å². The highest BCUT2D eigenvalue weighted by Crippen LogP contribution is 2.47. The molecule has 1 N–H and O–H groups in total. The number of halogens is 1. The molecule has 1 saturated heterocycles. The molecule has 2 aliphatic rings. The molecule has 1 amide bonds. The van der Waals surface area contributed by atoms with Crippen LogP contribution in [0.25, 0.3) is 0 Å². The van der Waals surface area contributed by atoms with E-state index in [9.17, 15) is 9.18 Å². The van der Waals surface area contributed by atoms with E-state index < -0.39 is 0 Å². The van der Waals surface area contributed by atoms with Crippen LogP contribution in [0.15, 0.2) is 24.3 Å². The standard InChI is InChI=1S/C17H23FN2O/c1-2-20-9-3-4-14(20)11-19-17(21)16-10-15(16)12-5-7-13(18)8-6-12/h5-8,14-16H,2-4,9-11H2,1H3,(H,19,21)/t14-,15+,16-/m1/s1. The van der Waals surface area contributed by atoms with Gasteiger partial charge in [0, 0.05) is 18.5 Å². The van der Waals surface area contributed by atoms with Gasteiger partial charge >= 0.3 is 0 Å². The van der Waals surface area contributed by atoms with Gasteiger partial charge in [-0.3, -0.25) is 9.69 Å². The van der Waals surface area contributed by atoms with Gasteiger partial charge in [-0.25, -0.2) is 4.39 Å². The molecule has 1 aromatic rings. The fourth-order valence-electron chi connectivity index (χ4n) is 3.46. The Hall–Kier alpha value is -1.42. The van der Waals surface area contributed by atoms with Crippen LogP contribution in [0.5, 0.6) is 0 Å². The van der Waals surface area contributed by atoms with E-state index in [1.165, 1.54) is 25.0 Å². The van der Waals surface area contributed by atoms with Gasteiger partial charge in [0.05, 0.1) is 0 Å². The third kappa shape index (κ3) is 3.26. The molecule has 114 valence electrons. The molecule has 0 bridgehead atoms. The predicted molar refractivity (Wildman–Crippen MR) is 80.5 cm³/mol. The van der Waals surface area contributed by atoms with Gasteiger partial charge in [0.25, 0.3) is 0 Å². The molecule has 0 unspecified atom stereocenters. The van der Waals surface area contributed by atoms with E-state index in [1.54, 1.807) is 12.1 Å². The van der Waals surface area contributed by atoms with Gasteiger partial charge < -0.3 is 5.32 Å². The van der Waals surface area contributed by atoms with E-state index in [2.05, 4.69) is 17.1 Å². The molecule has 21 heavy (non-hydrogen) atoms. The fraction of sp³-hybridized carbons (Fsp3) is 0.588.